The van der Waals surface area contributed by atoms with E-state index in [0.29, 0.717) is 13.2 Å². The number of benzene rings is 2. The molecule has 156 valence electrons. The molecule has 6 nitrogen and oxygen atoms in total. The van der Waals surface area contributed by atoms with Gasteiger partial charge in [0.25, 0.3) is 0 Å². The Morgan fingerprint density at radius 2 is 1.66 bits per heavy atom. The summed E-state index contributed by atoms with van der Waals surface area (Å²) in [6, 6.07) is 18.4. The number of rotatable bonds is 9. The summed E-state index contributed by atoms with van der Waals surface area (Å²) in [6.07, 6.45) is 0. The minimum absolute atomic E-state index is 0.186. The quantitative estimate of drug-likeness (QED) is 0.651. The van der Waals surface area contributed by atoms with Crippen LogP contribution in [0.4, 0.5) is 5.69 Å². The van der Waals surface area contributed by atoms with Gasteiger partial charge >= 0.3 is 0 Å². The highest BCUT2D eigenvalue weighted by atomic mass is 16.5. The van der Waals surface area contributed by atoms with E-state index in [9.17, 15) is 4.79 Å². The lowest BCUT2D eigenvalue weighted by atomic mass is 10.2. The van der Waals surface area contributed by atoms with Crippen LogP contribution in [0.1, 0.15) is 5.56 Å². The molecule has 0 spiro atoms. The maximum absolute atomic E-state index is 12.9. The van der Waals surface area contributed by atoms with Crippen molar-refractivity contribution in [3.05, 3.63) is 60.2 Å². The average molecular weight is 398 g/mol. The Morgan fingerprint density at radius 3 is 2.28 bits per heavy atom. The Kier molecular flexibility index (Phi) is 7.90. The van der Waals surface area contributed by atoms with Gasteiger partial charge in [0.05, 0.1) is 20.3 Å². The number of nitrogens with zero attached hydrogens (tertiary/aromatic N) is 3. The second-order valence-electron chi connectivity index (χ2n) is 7.25. The Labute approximate surface area is 173 Å². The van der Waals surface area contributed by atoms with Gasteiger partial charge < -0.3 is 19.3 Å². The van der Waals surface area contributed by atoms with E-state index in [1.54, 1.807) is 14.2 Å². The van der Waals surface area contributed by atoms with Gasteiger partial charge in [0.15, 0.2) is 0 Å². The molecule has 1 fully saturated rings. The maximum atomic E-state index is 12.9. The van der Waals surface area contributed by atoms with Gasteiger partial charge in [-0.25, -0.2) is 0 Å². The molecule has 1 amide bonds. The molecule has 0 radical (unpaired) electrons. The number of ether oxygens (including phenoxy) is 2. The normalized spacial score (nSPS) is 14.3. The van der Waals surface area contributed by atoms with E-state index in [-0.39, 0.29) is 5.91 Å². The van der Waals surface area contributed by atoms with Crippen LogP contribution in [0, 0.1) is 0 Å². The number of hydrogen-bond acceptors (Lipinski definition) is 5. The number of carbonyl (C=O) groups excluding carboxylic acids is 1. The molecule has 29 heavy (non-hydrogen) atoms. The predicted octanol–water partition coefficient (Wildman–Crippen LogP) is 2.49. The smallest absolute Gasteiger partial charge is 0.236 e. The first kappa shape index (κ1) is 21.1. The molecule has 0 unspecified atom stereocenters. The van der Waals surface area contributed by atoms with E-state index >= 15 is 0 Å². The van der Waals surface area contributed by atoms with Crippen molar-refractivity contribution < 1.29 is 14.3 Å². The van der Waals surface area contributed by atoms with Crippen molar-refractivity contribution >= 4 is 11.6 Å². The number of anilines is 1. The molecule has 0 saturated carbocycles. The van der Waals surface area contributed by atoms with Crippen molar-refractivity contribution in [1.82, 2.24) is 9.80 Å². The van der Waals surface area contributed by atoms with Crippen molar-refractivity contribution in [2.45, 2.75) is 6.54 Å². The fourth-order valence-electron chi connectivity index (χ4n) is 3.57. The van der Waals surface area contributed by atoms with Crippen molar-refractivity contribution in [3.63, 3.8) is 0 Å². The predicted molar refractivity (Wildman–Crippen MR) is 115 cm³/mol. The molecule has 1 aliphatic heterocycles. The van der Waals surface area contributed by atoms with Crippen LogP contribution in [0.5, 0.6) is 5.75 Å². The van der Waals surface area contributed by atoms with Crippen LogP contribution >= 0.6 is 0 Å². The SMILES string of the molecule is COCCN(CC(=O)N1CCN(c2ccc(OC)cc2)CC1)Cc1ccccc1. The fourth-order valence-corrected chi connectivity index (χ4v) is 3.57. The lowest BCUT2D eigenvalue weighted by Gasteiger charge is -2.37. The standard InChI is InChI=1S/C23H31N3O3/c1-28-17-16-24(18-20-6-4-3-5-7-20)19-23(27)26-14-12-25(13-15-26)21-8-10-22(29-2)11-9-21/h3-11H,12-19H2,1-2H3. The molecule has 2 aromatic rings. The highest BCUT2D eigenvalue weighted by Crippen LogP contribution is 2.20. The third-order valence-electron chi connectivity index (χ3n) is 5.29. The number of piperazine rings is 1. The van der Waals surface area contributed by atoms with Crippen LogP contribution in [0.15, 0.2) is 54.6 Å². The van der Waals surface area contributed by atoms with E-state index in [2.05, 4.69) is 34.1 Å². The Morgan fingerprint density at radius 1 is 0.966 bits per heavy atom. The highest BCUT2D eigenvalue weighted by Gasteiger charge is 2.23. The molecule has 0 bridgehead atoms. The first-order valence-corrected chi connectivity index (χ1v) is 10.1. The molecular formula is C23H31N3O3. The molecule has 2 aromatic carbocycles. The number of hydrogen-bond donors (Lipinski definition) is 0. The summed E-state index contributed by atoms with van der Waals surface area (Å²) in [5.74, 6) is 1.04. The van der Waals surface area contributed by atoms with E-state index in [1.807, 2.05) is 35.2 Å². The van der Waals surface area contributed by atoms with Crippen molar-refractivity contribution in [2.75, 3.05) is 65.0 Å². The van der Waals surface area contributed by atoms with Gasteiger partial charge in [0, 0.05) is 52.1 Å². The molecule has 1 saturated heterocycles. The topological polar surface area (TPSA) is 45.2 Å². The van der Waals surface area contributed by atoms with Crippen LogP contribution in [-0.2, 0) is 16.1 Å². The van der Waals surface area contributed by atoms with Crippen LogP contribution in [0.2, 0.25) is 0 Å². The van der Waals surface area contributed by atoms with Crippen LogP contribution in [-0.4, -0.2) is 75.8 Å². The third-order valence-corrected chi connectivity index (χ3v) is 5.29. The largest absolute Gasteiger partial charge is 0.497 e. The lowest BCUT2D eigenvalue weighted by Crippen LogP contribution is -2.51. The molecule has 1 aliphatic rings. The van der Waals surface area contributed by atoms with Crippen molar-refractivity contribution in [1.29, 1.82) is 0 Å². The molecular weight excluding hydrogens is 366 g/mol. The van der Waals surface area contributed by atoms with Gasteiger partial charge in [-0.05, 0) is 29.8 Å². The summed E-state index contributed by atoms with van der Waals surface area (Å²) in [7, 11) is 3.37. The average Bonchev–Trinajstić information content (AvgIpc) is 2.78. The Balaban J connectivity index is 1.52. The van der Waals surface area contributed by atoms with Crippen LogP contribution in [0.25, 0.3) is 0 Å². The lowest BCUT2D eigenvalue weighted by molar-refractivity contribution is -0.133. The molecule has 6 heteroatoms. The zero-order chi connectivity index (χ0) is 20.5. The first-order valence-electron chi connectivity index (χ1n) is 10.1. The summed E-state index contributed by atoms with van der Waals surface area (Å²) >= 11 is 0. The molecule has 0 aromatic heterocycles. The van der Waals surface area contributed by atoms with Gasteiger partial charge in [0.1, 0.15) is 5.75 Å². The van der Waals surface area contributed by atoms with Crippen LogP contribution < -0.4 is 9.64 Å². The summed E-state index contributed by atoms with van der Waals surface area (Å²) in [5, 5.41) is 0. The molecule has 1 heterocycles. The van der Waals surface area contributed by atoms with E-state index < -0.39 is 0 Å². The van der Waals surface area contributed by atoms with Crippen molar-refractivity contribution in [3.8, 4) is 5.75 Å². The monoisotopic (exact) mass is 397 g/mol. The zero-order valence-electron chi connectivity index (χ0n) is 17.4. The maximum Gasteiger partial charge on any atom is 0.236 e. The molecule has 0 atom stereocenters. The van der Waals surface area contributed by atoms with Crippen LogP contribution in [0.3, 0.4) is 0 Å². The summed E-state index contributed by atoms with van der Waals surface area (Å²) in [4.78, 5) is 19.4. The minimum atomic E-state index is 0.186. The first-order chi connectivity index (χ1) is 14.2. The van der Waals surface area contributed by atoms with Crippen molar-refractivity contribution in [2.24, 2.45) is 0 Å². The van der Waals surface area contributed by atoms with Gasteiger partial charge in [-0.3, -0.25) is 9.69 Å². The zero-order valence-corrected chi connectivity index (χ0v) is 17.4. The minimum Gasteiger partial charge on any atom is -0.497 e. The Hall–Kier alpha value is -2.57. The second-order valence-corrected chi connectivity index (χ2v) is 7.25. The number of amides is 1. The van der Waals surface area contributed by atoms with Gasteiger partial charge in [-0.1, -0.05) is 30.3 Å². The van der Waals surface area contributed by atoms with Gasteiger partial charge in [-0.15, -0.1) is 0 Å². The summed E-state index contributed by atoms with van der Waals surface area (Å²) < 4.78 is 10.5. The van der Waals surface area contributed by atoms with E-state index in [4.69, 9.17) is 9.47 Å². The fraction of sp³-hybridized carbons (Fsp3) is 0.435. The number of carbonyl (C=O) groups is 1. The number of methoxy groups -OCH3 is 2. The highest BCUT2D eigenvalue weighted by molar-refractivity contribution is 5.78. The van der Waals surface area contributed by atoms with E-state index in [1.165, 1.54) is 11.3 Å². The molecule has 0 N–H and O–H groups in total. The van der Waals surface area contributed by atoms with Gasteiger partial charge in [-0.2, -0.15) is 0 Å². The summed E-state index contributed by atoms with van der Waals surface area (Å²) in [5.41, 5.74) is 2.38. The second kappa shape index (κ2) is 10.8. The third kappa shape index (κ3) is 6.21. The molecule has 3 rings (SSSR count). The summed E-state index contributed by atoms with van der Waals surface area (Å²) in [6.45, 7) is 5.70. The molecule has 0 aliphatic carbocycles. The Bertz CT molecular complexity index is 744. The van der Waals surface area contributed by atoms with Gasteiger partial charge in [0.2, 0.25) is 5.91 Å². The van der Waals surface area contributed by atoms with E-state index in [0.717, 1.165) is 45.0 Å².